The molecule has 2 nitrogen and oxygen atoms in total. The fourth-order valence-electron chi connectivity index (χ4n) is 2.76. The highest BCUT2D eigenvalue weighted by molar-refractivity contribution is 6.18. The average molecular weight is 302 g/mol. The highest BCUT2D eigenvalue weighted by Crippen LogP contribution is 2.32. The van der Waals surface area contributed by atoms with E-state index in [2.05, 4.69) is 5.32 Å². The summed E-state index contributed by atoms with van der Waals surface area (Å²) in [5.41, 5.74) is -0.235. The molecule has 110 valence electrons. The van der Waals surface area contributed by atoms with Crippen molar-refractivity contribution in [3.8, 4) is 0 Å². The largest absolute Gasteiger partial charge is 0.352 e. The lowest BCUT2D eigenvalue weighted by molar-refractivity contribution is 0.0936. The van der Waals surface area contributed by atoms with Crippen molar-refractivity contribution >= 4 is 17.5 Å². The summed E-state index contributed by atoms with van der Waals surface area (Å²) in [6.45, 7) is 1.93. The van der Waals surface area contributed by atoms with E-state index < -0.39 is 23.1 Å². The Labute approximate surface area is 122 Å². The normalized spacial score (nSPS) is 22.0. The van der Waals surface area contributed by atoms with Gasteiger partial charge in [-0.05, 0) is 43.2 Å². The Kier molecular flexibility index (Phi) is 4.97. The lowest BCUT2D eigenvalue weighted by Gasteiger charge is -2.18. The molecule has 1 aromatic rings. The van der Waals surface area contributed by atoms with Crippen LogP contribution in [0.25, 0.3) is 0 Å². The molecule has 0 bridgehead atoms. The highest BCUT2D eigenvalue weighted by Gasteiger charge is 2.27. The maximum atomic E-state index is 13.8. The second-order valence-corrected chi connectivity index (χ2v) is 5.68. The molecule has 0 saturated heterocycles. The van der Waals surface area contributed by atoms with Gasteiger partial charge in [0.15, 0.2) is 0 Å². The van der Waals surface area contributed by atoms with Crippen LogP contribution in [-0.2, 0) is 0 Å². The molecule has 1 fully saturated rings. The summed E-state index contributed by atoms with van der Waals surface area (Å²) in [4.78, 5) is 12.0. The Morgan fingerprint density at radius 2 is 2.05 bits per heavy atom. The summed E-state index contributed by atoms with van der Waals surface area (Å²) in [5, 5.41) is 2.64. The van der Waals surface area contributed by atoms with Crippen LogP contribution in [0.3, 0.4) is 0 Å². The molecule has 0 radical (unpaired) electrons. The smallest absolute Gasteiger partial charge is 0.257 e. The molecule has 1 saturated carbocycles. The molecular formula is C15H18ClF2NO. The zero-order chi connectivity index (χ0) is 14.7. The Hall–Kier alpha value is -1.16. The van der Waals surface area contributed by atoms with Crippen molar-refractivity contribution in [3.05, 3.63) is 34.9 Å². The SMILES string of the molecule is Cc1ccc(F)c(C(=O)NCC2CCCC2CCl)c1F. The maximum absolute atomic E-state index is 13.8. The molecular weight excluding hydrogens is 284 g/mol. The number of nitrogens with one attached hydrogen (secondary N) is 1. The maximum Gasteiger partial charge on any atom is 0.257 e. The molecule has 1 aromatic carbocycles. The first-order valence-corrected chi connectivity index (χ1v) is 7.36. The lowest BCUT2D eigenvalue weighted by atomic mass is 9.98. The van der Waals surface area contributed by atoms with Crippen molar-refractivity contribution in [1.82, 2.24) is 5.32 Å². The Balaban J connectivity index is 2.04. The van der Waals surface area contributed by atoms with Crippen molar-refractivity contribution in [3.63, 3.8) is 0 Å². The van der Waals surface area contributed by atoms with Crippen LogP contribution in [0.15, 0.2) is 12.1 Å². The van der Waals surface area contributed by atoms with E-state index in [0.29, 0.717) is 24.3 Å². The molecule has 1 aliphatic carbocycles. The molecule has 2 rings (SSSR count). The molecule has 5 heteroatoms. The average Bonchev–Trinajstić information content (AvgIpc) is 2.88. The van der Waals surface area contributed by atoms with Crippen molar-refractivity contribution < 1.29 is 13.6 Å². The van der Waals surface area contributed by atoms with Gasteiger partial charge in [0.25, 0.3) is 5.91 Å². The van der Waals surface area contributed by atoms with Crippen LogP contribution in [0.2, 0.25) is 0 Å². The third-order valence-corrected chi connectivity index (χ3v) is 4.45. The molecule has 20 heavy (non-hydrogen) atoms. The minimum atomic E-state index is -0.828. The molecule has 1 N–H and O–H groups in total. The summed E-state index contributed by atoms with van der Waals surface area (Å²) in [6, 6.07) is 2.44. The van der Waals surface area contributed by atoms with Crippen LogP contribution in [0.5, 0.6) is 0 Å². The Bertz CT molecular complexity index is 507. The zero-order valence-electron chi connectivity index (χ0n) is 11.4. The van der Waals surface area contributed by atoms with Gasteiger partial charge in [-0.2, -0.15) is 0 Å². The number of alkyl halides is 1. The fourth-order valence-corrected chi connectivity index (χ4v) is 3.17. The van der Waals surface area contributed by atoms with Gasteiger partial charge < -0.3 is 5.32 Å². The number of carbonyl (C=O) groups excluding carboxylic acids is 1. The quantitative estimate of drug-likeness (QED) is 0.845. The van der Waals surface area contributed by atoms with Crippen LogP contribution in [0.1, 0.15) is 35.2 Å². The van der Waals surface area contributed by atoms with E-state index in [9.17, 15) is 13.6 Å². The van der Waals surface area contributed by atoms with Crippen LogP contribution in [0.4, 0.5) is 8.78 Å². The number of carbonyl (C=O) groups is 1. The fraction of sp³-hybridized carbons (Fsp3) is 0.533. The van der Waals surface area contributed by atoms with Gasteiger partial charge in [0, 0.05) is 12.4 Å². The summed E-state index contributed by atoms with van der Waals surface area (Å²) in [5.74, 6) is -1.07. The van der Waals surface area contributed by atoms with Crippen molar-refractivity contribution in [2.24, 2.45) is 11.8 Å². The van der Waals surface area contributed by atoms with Gasteiger partial charge in [-0.3, -0.25) is 4.79 Å². The minimum absolute atomic E-state index is 0.260. The predicted molar refractivity (Wildman–Crippen MR) is 75.0 cm³/mol. The van der Waals surface area contributed by atoms with Crippen LogP contribution >= 0.6 is 11.6 Å². The molecule has 0 spiro atoms. The van der Waals surface area contributed by atoms with Gasteiger partial charge in [-0.25, -0.2) is 8.78 Å². The van der Waals surface area contributed by atoms with Crippen molar-refractivity contribution in [2.45, 2.75) is 26.2 Å². The van der Waals surface area contributed by atoms with E-state index in [-0.39, 0.29) is 5.56 Å². The minimum Gasteiger partial charge on any atom is -0.352 e. The molecule has 0 heterocycles. The van der Waals surface area contributed by atoms with E-state index in [1.165, 1.54) is 13.0 Å². The standard InChI is InChI=1S/C15H18ClF2NO/c1-9-5-6-12(17)13(14(9)18)15(20)19-8-11-4-2-3-10(11)7-16/h5-6,10-11H,2-4,7-8H2,1H3,(H,19,20). The summed E-state index contributed by atoms with van der Waals surface area (Å²) >= 11 is 5.87. The first-order chi connectivity index (χ1) is 9.54. The first-order valence-electron chi connectivity index (χ1n) is 6.83. The van der Waals surface area contributed by atoms with Gasteiger partial charge in [-0.1, -0.05) is 12.5 Å². The third kappa shape index (κ3) is 3.11. The number of rotatable bonds is 4. The molecule has 0 aliphatic heterocycles. The number of hydrogen-bond acceptors (Lipinski definition) is 1. The number of benzene rings is 1. The third-order valence-electron chi connectivity index (χ3n) is 4.05. The molecule has 1 aliphatic rings. The van der Waals surface area contributed by atoms with E-state index in [4.69, 9.17) is 11.6 Å². The zero-order valence-corrected chi connectivity index (χ0v) is 12.1. The van der Waals surface area contributed by atoms with Crippen LogP contribution in [-0.4, -0.2) is 18.3 Å². The van der Waals surface area contributed by atoms with Crippen molar-refractivity contribution in [1.29, 1.82) is 0 Å². The van der Waals surface area contributed by atoms with Crippen LogP contribution in [0, 0.1) is 30.4 Å². The lowest BCUT2D eigenvalue weighted by Crippen LogP contribution is -2.32. The predicted octanol–water partition coefficient (Wildman–Crippen LogP) is 3.66. The topological polar surface area (TPSA) is 29.1 Å². The number of aryl methyl sites for hydroxylation is 1. The van der Waals surface area contributed by atoms with E-state index >= 15 is 0 Å². The number of halogens is 3. The second-order valence-electron chi connectivity index (χ2n) is 5.37. The monoisotopic (exact) mass is 301 g/mol. The van der Waals surface area contributed by atoms with E-state index in [1.807, 2.05) is 0 Å². The highest BCUT2D eigenvalue weighted by atomic mass is 35.5. The van der Waals surface area contributed by atoms with E-state index in [0.717, 1.165) is 25.3 Å². The van der Waals surface area contributed by atoms with Gasteiger partial charge in [0.2, 0.25) is 0 Å². The molecule has 2 unspecified atom stereocenters. The van der Waals surface area contributed by atoms with Crippen LogP contribution < -0.4 is 5.32 Å². The van der Waals surface area contributed by atoms with Gasteiger partial charge in [0.05, 0.1) is 0 Å². The second kappa shape index (κ2) is 6.53. The van der Waals surface area contributed by atoms with Gasteiger partial charge in [0.1, 0.15) is 17.2 Å². The first kappa shape index (κ1) is 15.2. The van der Waals surface area contributed by atoms with E-state index in [1.54, 1.807) is 0 Å². The summed E-state index contributed by atoms with van der Waals surface area (Å²) in [6.07, 6.45) is 3.14. The Morgan fingerprint density at radius 1 is 1.35 bits per heavy atom. The summed E-state index contributed by atoms with van der Waals surface area (Å²) in [7, 11) is 0. The molecule has 0 aromatic heterocycles. The Morgan fingerprint density at radius 3 is 2.75 bits per heavy atom. The van der Waals surface area contributed by atoms with Crippen molar-refractivity contribution in [2.75, 3.05) is 12.4 Å². The molecule has 1 amide bonds. The molecule has 2 atom stereocenters. The van der Waals surface area contributed by atoms with Gasteiger partial charge in [-0.15, -0.1) is 11.6 Å². The number of amides is 1. The summed E-state index contributed by atoms with van der Waals surface area (Å²) < 4.78 is 27.4. The van der Waals surface area contributed by atoms with Gasteiger partial charge >= 0.3 is 0 Å². The number of hydrogen-bond donors (Lipinski definition) is 1.